The van der Waals surface area contributed by atoms with Crippen LogP contribution in [-0.2, 0) is 20.6 Å². The average molecular weight is 432 g/mol. The molecule has 2 aliphatic rings. The normalized spacial score (nSPS) is 44.7. The first kappa shape index (κ1) is 23.4. The lowest BCUT2D eigenvalue weighted by molar-refractivity contribution is -0.383. The van der Waals surface area contributed by atoms with E-state index in [9.17, 15) is 40.9 Å². The molecule has 1 unspecified atom stereocenters. The Labute approximate surface area is 172 Å². The van der Waals surface area contributed by atoms with Crippen LogP contribution < -0.4 is 0 Å². The smallest absolute Gasteiger partial charge is 0.199 e. The fourth-order valence-electron chi connectivity index (χ4n) is 3.74. The van der Waals surface area contributed by atoms with Gasteiger partial charge in [0.25, 0.3) is 0 Å². The highest BCUT2D eigenvalue weighted by atomic mass is 16.7. The van der Waals surface area contributed by atoms with E-state index in [1.165, 1.54) is 0 Å². The summed E-state index contributed by atoms with van der Waals surface area (Å²) in [5.74, 6) is -2.23. The van der Waals surface area contributed by atoms with Crippen molar-refractivity contribution in [2.75, 3.05) is 13.2 Å². The average Bonchev–Trinajstić information content (AvgIpc) is 2.74. The van der Waals surface area contributed by atoms with Crippen molar-refractivity contribution in [2.45, 2.75) is 67.3 Å². The minimum absolute atomic E-state index is 0.185. The zero-order valence-electron chi connectivity index (χ0n) is 16.0. The van der Waals surface area contributed by atoms with Crippen LogP contribution in [0.2, 0.25) is 0 Å². The highest BCUT2D eigenvalue weighted by molar-refractivity contribution is 5.17. The molecule has 11 nitrogen and oxygen atoms in total. The molecule has 1 aromatic rings. The zero-order chi connectivity index (χ0) is 22.1. The molecule has 2 saturated heterocycles. The summed E-state index contributed by atoms with van der Waals surface area (Å²) in [5.41, 5.74) is 0.608. The molecule has 0 saturated carbocycles. The first-order valence-corrected chi connectivity index (χ1v) is 9.59. The third-order valence-electron chi connectivity index (χ3n) is 5.46. The van der Waals surface area contributed by atoms with Crippen molar-refractivity contribution >= 4 is 0 Å². The molecule has 30 heavy (non-hydrogen) atoms. The first-order valence-electron chi connectivity index (χ1n) is 9.59. The maximum absolute atomic E-state index is 10.8. The number of hydrogen-bond acceptors (Lipinski definition) is 11. The van der Waals surface area contributed by atoms with E-state index in [1.807, 2.05) is 0 Å². The molecule has 11 heteroatoms. The molecule has 0 spiro atoms. The van der Waals surface area contributed by atoms with Crippen molar-refractivity contribution in [2.24, 2.45) is 0 Å². The van der Waals surface area contributed by atoms with Gasteiger partial charge in [0.15, 0.2) is 12.1 Å². The van der Waals surface area contributed by atoms with E-state index in [2.05, 4.69) is 0 Å². The fourth-order valence-corrected chi connectivity index (χ4v) is 3.74. The molecule has 170 valence electrons. The molecule has 0 amide bonds. The molecule has 10 atom stereocenters. The summed E-state index contributed by atoms with van der Waals surface area (Å²) in [6.45, 7) is -1.40. The molecule has 2 fully saturated rings. The molecule has 0 radical (unpaired) electrons. The highest BCUT2D eigenvalue weighted by Gasteiger charge is 2.55. The van der Waals surface area contributed by atoms with E-state index in [0.717, 1.165) is 0 Å². The van der Waals surface area contributed by atoms with E-state index in [0.29, 0.717) is 5.56 Å². The van der Waals surface area contributed by atoms with Crippen LogP contribution in [0, 0.1) is 0 Å². The quantitative estimate of drug-likeness (QED) is 0.220. The van der Waals surface area contributed by atoms with E-state index < -0.39 is 74.1 Å². The molecule has 0 bridgehead atoms. The van der Waals surface area contributed by atoms with Gasteiger partial charge in [-0.05, 0) is 5.56 Å². The summed E-state index contributed by atoms with van der Waals surface area (Å²) in [6.07, 6.45) is -14.5. The Hall–Kier alpha value is -1.22. The van der Waals surface area contributed by atoms with Crippen molar-refractivity contribution in [1.82, 2.24) is 0 Å². The Morgan fingerprint density at radius 1 is 0.833 bits per heavy atom. The second-order valence-electron chi connectivity index (χ2n) is 7.58. The molecule has 8 N–H and O–H groups in total. The predicted octanol–water partition coefficient (Wildman–Crippen LogP) is -3.78. The monoisotopic (exact) mass is 432 g/mol. The number of ether oxygens (including phenoxy) is 3. The summed E-state index contributed by atoms with van der Waals surface area (Å²) in [5, 5.41) is 80.7. The number of rotatable bonds is 6. The van der Waals surface area contributed by atoms with Crippen LogP contribution >= 0.6 is 0 Å². The van der Waals surface area contributed by atoms with Crippen LogP contribution in [0.5, 0.6) is 0 Å². The Balaban J connectivity index is 1.76. The molecule has 2 heterocycles. The Morgan fingerprint density at radius 3 is 2.07 bits per heavy atom. The number of aliphatic hydroxyl groups is 8. The van der Waals surface area contributed by atoms with E-state index in [1.54, 1.807) is 30.3 Å². The lowest BCUT2D eigenvalue weighted by Crippen LogP contribution is -2.68. The van der Waals surface area contributed by atoms with Crippen molar-refractivity contribution in [3.8, 4) is 0 Å². The van der Waals surface area contributed by atoms with Gasteiger partial charge in [0.1, 0.15) is 48.8 Å². The second kappa shape index (κ2) is 9.51. The maximum atomic E-state index is 10.8. The largest absolute Gasteiger partial charge is 0.394 e. The van der Waals surface area contributed by atoms with Gasteiger partial charge in [-0.1, -0.05) is 30.3 Å². The topological polar surface area (TPSA) is 190 Å². The molecule has 2 aliphatic heterocycles. The van der Waals surface area contributed by atoms with Gasteiger partial charge >= 0.3 is 0 Å². The zero-order valence-corrected chi connectivity index (χ0v) is 16.0. The summed E-state index contributed by atoms with van der Waals surface area (Å²) in [6, 6.07) is 8.58. The van der Waals surface area contributed by atoms with E-state index >= 15 is 0 Å². The fraction of sp³-hybridized carbons (Fsp3) is 0.684. The number of benzene rings is 1. The van der Waals surface area contributed by atoms with Crippen LogP contribution in [0.1, 0.15) is 5.56 Å². The molecular formula is C19H28O11. The third-order valence-corrected chi connectivity index (χ3v) is 5.46. The van der Waals surface area contributed by atoms with Crippen LogP contribution in [0.15, 0.2) is 30.3 Å². The van der Waals surface area contributed by atoms with Crippen LogP contribution in [-0.4, -0.2) is 115 Å². The third kappa shape index (κ3) is 4.52. The predicted molar refractivity (Wildman–Crippen MR) is 97.7 cm³/mol. The van der Waals surface area contributed by atoms with Crippen molar-refractivity contribution in [3.05, 3.63) is 35.9 Å². The van der Waals surface area contributed by atoms with Gasteiger partial charge in [0, 0.05) is 6.42 Å². The SMILES string of the molecule is OC[C@H]1O[C@@H](O[C@H]2[C@H](O)[C@@H](O)C(O)(Cc3ccccc3)O[C@@H]2CO)[C@H](O)[C@@H](O)[C@H]1O. The van der Waals surface area contributed by atoms with Crippen molar-refractivity contribution < 1.29 is 55.1 Å². The van der Waals surface area contributed by atoms with Gasteiger partial charge in [-0.2, -0.15) is 0 Å². The van der Waals surface area contributed by atoms with Crippen molar-refractivity contribution in [1.29, 1.82) is 0 Å². The van der Waals surface area contributed by atoms with Crippen LogP contribution in [0.3, 0.4) is 0 Å². The minimum atomic E-state index is -2.23. The lowest BCUT2D eigenvalue weighted by Gasteiger charge is -2.49. The molecule has 0 aromatic heterocycles. The van der Waals surface area contributed by atoms with E-state index in [4.69, 9.17) is 14.2 Å². The Morgan fingerprint density at radius 2 is 1.47 bits per heavy atom. The number of aliphatic hydroxyl groups excluding tert-OH is 7. The molecular weight excluding hydrogens is 404 g/mol. The molecule has 3 rings (SSSR count). The molecule has 1 aromatic carbocycles. The number of hydrogen-bond donors (Lipinski definition) is 8. The van der Waals surface area contributed by atoms with Gasteiger partial charge < -0.3 is 55.1 Å². The van der Waals surface area contributed by atoms with Crippen LogP contribution in [0.4, 0.5) is 0 Å². The van der Waals surface area contributed by atoms with Crippen LogP contribution in [0.25, 0.3) is 0 Å². The Bertz CT molecular complexity index is 672. The van der Waals surface area contributed by atoms with Gasteiger partial charge in [-0.25, -0.2) is 0 Å². The summed E-state index contributed by atoms with van der Waals surface area (Å²) >= 11 is 0. The van der Waals surface area contributed by atoms with Gasteiger partial charge in [-0.3, -0.25) is 0 Å². The lowest BCUT2D eigenvalue weighted by atomic mass is 9.88. The summed E-state index contributed by atoms with van der Waals surface area (Å²) in [7, 11) is 0. The Kier molecular flexibility index (Phi) is 7.43. The van der Waals surface area contributed by atoms with Crippen molar-refractivity contribution in [3.63, 3.8) is 0 Å². The standard InChI is InChI=1S/C19H28O11/c20-7-10-12(22)13(23)14(24)18(28-10)29-16-11(8-21)30-19(27,17(26)15(16)25)6-9-4-2-1-3-5-9/h1-5,10-18,20-27H,6-8H2/t10-,11-,12+,13+,14-,15+,16-,17-,18+,19?/m1/s1. The highest BCUT2D eigenvalue weighted by Crippen LogP contribution is 2.34. The summed E-state index contributed by atoms with van der Waals surface area (Å²) in [4.78, 5) is 0. The second-order valence-corrected chi connectivity index (χ2v) is 7.58. The summed E-state index contributed by atoms with van der Waals surface area (Å²) < 4.78 is 16.2. The van der Waals surface area contributed by atoms with E-state index in [-0.39, 0.29) is 6.42 Å². The maximum Gasteiger partial charge on any atom is 0.199 e. The van der Waals surface area contributed by atoms with Gasteiger partial charge in [0.2, 0.25) is 0 Å². The van der Waals surface area contributed by atoms with Gasteiger partial charge in [0.05, 0.1) is 13.2 Å². The molecule has 0 aliphatic carbocycles. The first-order chi connectivity index (χ1) is 14.2. The minimum Gasteiger partial charge on any atom is -0.394 e. The van der Waals surface area contributed by atoms with Gasteiger partial charge in [-0.15, -0.1) is 0 Å².